The van der Waals surface area contributed by atoms with E-state index in [9.17, 15) is 14.4 Å². The molecule has 0 saturated heterocycles. The van der Waals surface area contributed by atoms with E-state index in [1.54, 1.807) is 13.8 Å². The van der Waals surface area contributed by atoms with Crippen LogP contribution in [0.1, 0.15) is 129 Å². The van der Waals surface area contributed by atoms with Gasteiger partial charge in [0.15, 0.2) is 0 Å². The predicted molar refractivity (Wildman–Crippen MR) is 147 cm³/mol. The van der Waals surface area contributed by atoms with Gasteiger partial charge in [-0.15, -0.1) is 0 Å². The van der Waals surface area contributed by atoms with E-state index in [2.05, 4.69) is 0 Å². The molecule has 0 radical (unpaired) electrons. The van der Waals surface area contributed by atoms with Crippen LogP contribution < -0.4 is 0 Å². The Kier molecular flexibility index (Phi) is 11.9. The van der Waals surface area contributed by atoms with Gasteiger partial charge in [-0.2, -0.15) is 0 Å². The molecule has 4 bridgehead atoms. The monoisotopic (exact) mass is 528 g/mol. The molecular weight excluding hydrogens is 472 g/mol. The highest BCUT2D eigenvalue weighted by Gasteiger charge is 2.61. The molecule has 2 unspecified atom stereocenters. The van der Waals surface area contributed by atoms with Crippen LogP contribution in [0.2, 0.25) is 0 Å². The normalized spacial score (nSPS) is 28.1. The standard InChI is InChI=1S/C22H36O5.C6H12O2.2CH4/c1-7-20(5,6)18(24)27-22-11-15-8-16(12-22)10-21(9-15,14-22)25-13-17(23)26-19(2,3)4;1-4-6(2,3)5(7)8;;/h15-16H,7-14H2,1-6H3;4H2,1-3H3,(H,7,8);2*1H4. The number of hydrogen-bond acceptors (Lipinski definition) is 6. The lowest BCUT2D eigenvalue weighted by molar-refractivity contribution is -0.240. The Morgan fingerprint density at radius 3 is 1.65 bits per heavy atom. The molecule has 4 rings (SSSR count). The van der Waals surface area contributed by atoms with Gasteiger partial charge in [-0.3, -0.25) is 9.59 Å². The number of carboxylic acids is 1. The maximum absolute atomic E-state index is 12.8. The van der Waals surface area contributed by atoms with E-state index >= 15 is 0 Å². The van der Waals surface area contributed by atoms with Crippen molar-refractivity contribution in [3.05, 3.63) is 0 Å². The maximum Gasteiger partial charge on any atom is 0.332 e. The summed E-state index contributed by atoms with van der Waals surface area (Å²) < 4.78 is 17.8. The molecule has 7 heteroatoms. The van der Waals surface area contributed by atoms with E-state index in [1.807, 2.05) is 48.5 Å². The van der Waals surface area contributed by atoms with Crippen LogP contribution in [-0.2, 0) is 28.6 Å². The van der Waals surface area contributed by atoms with Gasteiger partial charge in [-0.1, -0.05) is 28.7 Å². The zero-order valence-electron chi connectivity index (χ0n) is 23.4. The molecular formula is C30H56O7. The lowest BCUT2D eigenvalue weighted by Crippen LogP contribution is -2.62. The fourth-order valence-electron chi connectivity index (χ4n) is 5.60. The zero-order chi connectivity index (χ0) is 26.9. The van der Waals surface area contributed by atoms with Crippen molar-refractivity contribution in [1.82, 2.24) is 0 Å². The Labute approximate surface area is 226 Å². The van der Waals surface area contributed by atoms with Crippen LogP contribution in [0.5, 0.6) is 0 Å². The fourth-order valence-corrected chi connectivity index (χ4v) is 5.60. The van der Waals surface area contributed by atoms with Crippen molar-refractivity contribution in [1.29, 1.82) is 0 Å². The molecule has 0 amide bonds. The molecule has 4 aliphatic carbocycles. The minimum absolute atomic E-state index is 0. The topological polar surface area (TPSA) is 99.1 Å². The summed E-state index contributed by atoms with van der Waals surface area (Å²) >= 11 is 0. The number of carbonyl (C=O) groups is 3. The average Bonchev–Trinajstić information content (AvgIpc) is 2.70. The smallest absolute Gasteiger partial charge is 0.332 e. The molecule has 4 saturated carbocycles. The molecule has 0 heterocycles. The van der Waals surface area contributed by atoms with Crippen molar-refractivity contribution in [3.63, 3.8) is 0 Å². The lowest BCUT2D eigenvalue weighted by Gasteiger charge is -2.60. The third-order valence-corrected chi connectivity index (χ3v) is 8.08. The van der Waals surface area contributed by atoms with Crippen LogP contribution in [0.25, 0.3) is 0 Å². The largest absolute Gasteiger partial charge is 0.481 e. The summed E-state index contributed by atoms with van der Waals surface area (Å²) in [7, 11) is 0. The molecule has 218 valence electrons. The summed E-state index contributed by atoms with van der Waals surface area (Å²) in [5.74, 6) is -0.115. The van der Waals surface area contributed by atoms with Crippen molar-refractivity contribution in [2.75, 3.05) is 6.61 Å². The van der Waals surface area contributed by atoms with E-state index < -0.39 is 28.0 Å². The van der Waals surface area contributed by atoms with Crippen molar-refractivity contribution in [3.8, 4) is 0 Å². The molecule has 0 aromatic heterocycles. The summed E-state index contributed by atoms with van der Waals surface area (Å²) in [4.78, 5) is 35.2. The first kappa shape index (κ1) is 35.4. The average molecular weight is 529 g/mol. The molecule has 0 aromatic carbocycles. The molecule has 4 aliphatic rings. The first-order valence-corrected chi connectivity index (χ1v) is 13.2. The number of carbonyl (C=O) groups excluding carboxylic acids is 2. The van der Waals surface area contributed by atoms with Gasteiger partial charge in [-0.05, 0) is 105 Å². The van der Waals surface area contributed by atoms with Crippen molar-refractivity contribution in [2.45, 2.75) is 145 Å². The third kappa shape index (κ3) is 9.26. The van der Waals surface area contributed by atoms with Crippen molar-refractivity contribution >= 4 is 17.9 Å². The van der Waals surface area contributed by atoms with Crippen molar-refractivity contribution < 1.29 is 33.7 Å². The first-order valence-electron chi connectivity index (χ1n) is 13.2. The summed E-state index contributed by atoms with van der Waals surface area (Å²) in [6.07, 6.45) is 7.14. The van der Waals surface area contributed by atoms with Crippen molar-refractivity contribution in [2.24, 2.45) is 22.7 Å². The van der Waals surface area contributed by atoms with Crippen LogP contribution in [-0.4, -0.2) is 46.4 Å². The molecule has 4 fully saturated rings. The van der Waals surface area contributed by atoms with E-state index in [0.717, 1.165) is 32.1 Å². The Morgan fingerprint density at radius 1 is 0.811 bits per heavy atom. The fraction of sp³-hybridized carbons (Fsp3) is 0.900. The Bertz CT molecular complexity index is 776. The summed E-state index contributed by atoms with van der Waals surface area (Å²) in [6, 6.07) is 0. The minimum Gasteiger partial charge on any atom is -0.481 e. The number of rotatable bonds is 8. The number of aliphatic carboxylic acids is 1. The lowest BCUT2D eigenvalue weighted by atomic mass is 9.52. The highest BCUT2D eigenvalue weighted by atomic mass is 16.6. The second kappa shape index (κ2) is 12.5. The number of esters is 2. The molecule has 7 nitrogen and oxygen atoms in total. The molecule has 2 atom stereocenters. The zero-order valence-corrected chi connectivity index (χ0v) is 23.4. The summed E-state index contributed by atoms with van der Waals surface area (Å²) in [5, 5.41) is 8.44. The Balaban J connectivity index is 0.00000113. The van der Waals surface area contributed by atoms with Gasteiger partial charge in [0.1, 0.15) is 17.8 Å². The minimum atomic E-state index is -0.722. The molecule has 1 N–H and O–H groups in total. The van der Waals surface area contributed by atoms with Gasteiger partial charge in [-0.25, -0.2) is 4.79 Å². The molecule has 0 spiro atoms. The number of ether oxygens (including phenoxy) is 3. The van der Waals surface area contributed by atoms with Gasteiger partial charge in [0, 0.05) is 6.42 Å². The van der Waals surface area contributed by atoms with E-state index in [4.69, 9.17) is 19.3 Å². The van der Waals surface area contributed by atoms with Crippen LogP contribution in [0.3, 0.4) is 0 Å². The number of carboxylic acid groups (broad SMARTS) is 1. The SMILES string of the molecule is C.C.CCC(C)(C)C(=O)O.CCC(C)(C)C(=O)OC12CC3CC(CC(OCC(=O)OC(C)(C)C)(C3)C1)C2. The summed E-state index contributed by atoms with van der Waals surface area (Å²) in [6.45, 7) is 16.8. The van der Waals surface area contributed by atoms with Crippen LogP contribution in [0.15, 0.2) is 0 Å². The van der Waals surface area contributed by atoms with Crippen LogP contribution in [0, 0.1) is 22.7 Å². The van der Waals surface area contributed by atoms with Gasteiger partial charge in [0.25, 0.3) is 0 Å². The number of hydrogen-bond donors (Lipinski definition) is 1. The highest BCUT2D eigenvalue weighted by molar-refractivity contribution is 5.76. The molecule has 0 aromatic rings. The third-order valence-electron chi connectivity index (χ3n) is 8.08. The Hall–Kier alpha value is -1.63. The highest BCUT2D eigenvalue weighted by Crippen LogP contribution is 2.60. The molecule has 0 aliphatic heterocycles. The first-order chi connectivity index (χ1) is 15.9. The van der Waals surface area contributed by atoms with E-state index in [1.165, 1.54) is 6.42 Å². The van der Waals surface area contributed by atoms with Gasteiger partial charge >= 0.3 is 17.9 Å². The quantitative estimate of drug-likeness (QED) is 0.333. The second-order valence-corrected chi connectivity index (χ2v) is 13.4. The van der Waals surface area contributed by atoms with E-state index in [-0.39, 0.29) is 39.0 Å². The second-order valence-electron chi connectivity index (χ2n) is 13.4. The van der Waals surface area contributed by atoms with Gasteiger partial charge in [0.2, 0.25) is 0 Å². The van der Waals surface area contributed by atoms with E-state index in [0.29, 0.717) is 24.7 Å². The van der Waals surface area contributed by atoms with Gasteiger partial charge < -0.3 is 19.3 Å². The van der Waals surface area contributed by atoms with Crippen LogP contribution >= 0.6 is 0 Å². The predicted octanol–water partition coefficient (Wildman–Crippen LogP) is 7.19. The van der Waals surface area contributed by atoms with Gasteiger partial charge in [0.05, 0.1) is 16.4 Å². The Morgan fingerprint density at radius 2 is 1.27 bits per heavy atom. The van der Waals surface area contributed by atoms with Crippen LogP contribution in [0.4, 0.5) is 0 Å². The molecule has 37 heavy (non-hydrogen) atoms. The summed E-state index contributed by atoms with van der Waals surface area (Å²) in [5.41, 5.74) is -2.28. The maximum atomic E-state index is 12.8.